The molecule has 2 aromatic carbocycles. The van der Waals surface area contributed by atoms with E-state index in [2.05, 4.69) is 42.0 Å². The van der Waals surface area contributed by atoms with Gasteiger partial charge < -0.3 is 9.88 Å². The van der Waals surface area contributed by atoms with Gasteiger partial charge in [-0.05, 0) is 43.9 Å². The zero-order chi connectivity index (χ0) is 22.4. The van der Waals surface area contributed by atoms with E-state index in [0.717, 1.165) is 11.3 Å². The summed E-state index contributed by atoms with van der Waals surface area (Å²) in [6, 6.07) is 16.3. The second kappa shape index (κ2) is 10.4. The molecule has 6 heteroatoms. The molecule has 3 rings (SSSR count). The number of rotatable bonds is 8. The van der Waals surface area contributed by atoms with Gasteiger partial charge in [-0.25, -0.2) is 4.98 Å². The predicted octanol–water partition coefficient (Wildman–Crippen LogP) is 4.58. The number of nitrogens with zero attached hydrogens (tertiary/aromatic N) is 2. The van der Waals surface area contributed by atoms with Crippen LogP contribution in [0.15, 0.2) is 58.5 Å². The van der Waals surface area contributed by atoms with Crippen LogP contribution in [-0.2, 0) is 23.5 Å². The van der Waals surface area contributed by atoms with E-state index in [4.69, 9.17) is 0 Å². The summed E-state index contributed by atoms with van der Waals surface area (Å²) in [7, 11) is 1.81. The number of H-pyrrole nitrogens is 1. The van der Waals surface area contributed by atoms with Gasteiger partial charge in [-0.1, -0.05) is 65.9 Å². The van der Waals surface area contributed by atoms with Crippen LogP contribution >= 0.6 is 11.8 Å². The molecule has 0 saturated carbocycles. The van der Waals surface area contributed by atoms with Crippen LogP contribution in [0.5, 0.6) is 0 Å². The van der Waals surface area contributed by atoms with Crippen LogP contribution in [0.2, 0.25) is 0 Å². The average molecular weight is 436 g/mol. The number of amides is 1. The number of aryl methyl sites for hydroxylation is 3. The zero-order valence-electron chi connectivity index (χ0n) is 18.6. The van der Waals surface area contributed by atoms with E-state index in [-0.39, 0.29) is 17.9 Å². The van der Waals surface area contributed by atoms with Crippen LogP contribution in [-0.4, -0.2) is 27.8 Å². The molecule has 1 heterocycles. The van der Waals surface area contributed by atoms with Crippen LogP contribution in [0, 0.1) is 20.8 Å². The normalized spacial score (nSPS) is 10.8. The molecule has 1 aromatic heterocycles. The first-order chi connectivity index (χ1) is 14.8. The Hall–Kier alpha value is -2.86. The fourth-order valence-corrected chi connectivity index (χ4v) is 4.33. The smallest absolute Gasteiger partial charge is 0.254 e. The van der Waals surface area contributed by atoms with Crippen molar-refractivity contribution >= 4 is 17.7 Å². The van der Waals surface area contributed by atoms with Crippen LogP contribution in [0.1, 0.15) is 39.9 Å². The third-order valence-electron chi connectivity index (χ3n) is 5.34. The number of carbonyl (C=O) groups is 1. The Bertz CT molecular complexity index is 1110. The third kappa shape index (κ3) is 6.31. The van der Waals surface area contributed by atoms with E-state index in [0.29, 0.717) is 29.4 Å². The number of benzene rings is 2. The summed E-state index contributed by atoms with van der Waals surface area (Å²) in [5, 5.41) is 0.605. The van der Waals surface area contributed by atoms with E-state index in [9.17, 15) is 9.59 Å². The van der Waals surface area contributed by atoms with Gasteiger partial charge in [0.25, 0.3) is 5.56 Å². The first-order valence-electron chi connectivity index (χ1n) is 10.4. The first-order valence-corrected chi connectivity index (χ1v) is 11.4. The number of hydrogen-bond acceptors (Lipinski definition) is 4. The van der Waals surface area contributed by atoms with Gasteiger partial charge in [-0.15, -0.1) is 0 Å². The minimum atomic E-state index is -0.159. The molecule has 0 spiro atoms. The number of carbonyl (C=O) groups excluding carboxylic acids is 1. The molecule has 0 fully saturated rings. The van der Waals surface area contributed by atoms with Gasteiger partial charge in [0.05, 0.1) is 0 Å². The minimum Gasteiger partial charge on any atom is -0.341 e. The lowest BCUT2D eigenvalue weighted by molar-refractivity contribution is -0.130. The van der Waals surface area contributed by atoms with Gasteiger partial charge in [-0.2, -0.15) is 0 Å². The number of hydrogen-bond donors (Lipinski definition) is 1. The van der Waals surface area contributed by atoms with Crippen molar-refractivity contribution in [2.24, 2.45) is 0 Å². The highest BCUT2D eigenvalue weighted by Crippen LogP contribution is 2.19. The number of aromatic nitrogens is 2. The van der Waals surface area contributed by atoms with Crippen molar-refractivity contribution in [3.63, 3.8) is 0 Å². The SMILES string of the molecule is Cc1ccc(CN(C)C(=O)CCc2c(C)nc(SCc3ccccc3)[nH]c2=O)c(C)c1. The van der Waals surface area contributed by atoms with Gasteiger partial charge in [0.2, 0.25) is 5.91 Å². The molecule has 1 amide bonds. The fourth-order valence-electron chi connectivity index (χ4n) is 3.46. The Balaban J connectivity index is 1.59. The third-order valence-corrected chi connectivity index (χ3v) is 6.28. The lowest BCUT2D eigenvalue weighted by Gasteiger charge is -2.19. The Labute approximate surface area is 187 Å². The highest BCUT2D eigenvalue weighted by atomic mass is 32.2. The van der Waals surface area contributed by atoms with E-state index < -0.39 is 0 Å². The van der Waals surface area contributed by atoms with E-state index in [1.807, 2.05) is 37.3 Å². The summed E-state index contributed by atoms with van der Waals surface area (Å²) in [6.07, 6.45) is 0.664. The molecule has 0 aliphatic carbocycles. The summed E-state index contributed by atoms with van der Waals surface area (Å²) < 4.78 is 0. The molecule has 0 unspecified atom stereocenters. The zero-order valence-corrected chi connectivity index (χ0v) is 19.4. The number of aromatic amines is 1. The molecular formula is C25H29N3O2S. The predicted molar refractivity (Wildman–Crippen MR) is 126 cm³/mol. The number of nitrogens with one attached hydrogen (secondary N) is 1. The second-order valence-electron chi connectivity index (χ2n) is 7.89. The molecular weight excluding hydrogens is 406 g/mol. The minimum absolute atomic E-state index is 0.0151. The lowest BCUT2D eigenvalue weighted by atomic mass is 10.0. The van der Waals surface area contributed by atoms with Crippen LogP contribution < -0.4 is 5.56 Å². The van der Waals surface area contributed by atoms with Gasteiger partial charge in [-0.3, -0.25) is 9.59 Å². The van der Waals surface area contributed by atoms with Crippen molar-refractivity contribution in [2.45, 2.75) is 51.1 Å². The Kier molecular flexibility index (Phi) is 7.69. The maximum atomic E-state index is 12.6. The highest BCUT2D eigenvalue weighted by Gasteiger charge is 2.14. The number of thioether (sulfide) groups is 1. The van der Waals surface area contributed by atoms with Crippen LogP contribution in [0.25, 0.3) is 0 Å². The van der Waals surface area contributed by atoms with Gasteiger partial charge >= 0.3 is 0 Å². The fraction of sp³-hybridized carbons (Fsp3) is 0.320. The summed E-state index contributed by atoms with van der Waals surface area (Å²) in [5.74, 6) is 0.755. The Morgan fingerprint density at radius 3 is 2.52 bits per heavy atom. The van der Waals surface area contributed by atoms with Crippen molar-refractivity contribution in [1.82, 2.24) is 14.9 Å². The van der Waals surface area contributed by atoms with E-state index >= 15 is 0 Å². The van der Waals surface area contributed by atoms with E-state index in [1.165, 1.54) is 28.5 Å². The van der Waals surface area contributed by atoms with Crippen LogP contribution in [0.3, 0.4) is 0 Å². The van der Waals surface area contributed by atoms with E-state index in [1.54, 1.807) is 11.9 Å². The van der Waals surface area contributed by atoms with Crippen LogP contribution in [0.4, 0.5) is 0 Å². The maximum Gasteiger partial charge on any atom is 0.254 e. The van der Waals surface area contributed by atoms with Crippen molar-refractivity contribution in [3.05, 3.63) is 92.4 Å². The summed E-state index contributed by atoms with van der Waals surface area (Å²) in [6.45, 7) is 6.52. The van der Waals surface area contributed by atoms with Gasteiger partial charge in [0, 0.05) is 37.0 Å². The maximum absolute atomic E-state index is 12.6. The van der Waals surface area contributed by atoms with Crippen molar-refractivity contribution < 1.29 is 4.79 Å². The topological polar surface area (TPSA) is 66.1 Å². The first kappa shape index (κ1) is 22.8. The standard InChI is InChI=1S/C25H29N3O2S/c1-17-10-11-21(18(2)14-17)15-28(4)23(29)13-12-22-19(3)26-25(27-24(22)30)31-16-20-8-6-5-7-9-20/h5-11,14H,12-13,15-16H2,1-4H3,(H,26,27,30). The summed E-state index contributed by atoms with van der Waals surface area (Å²) in [4.78, 5) is 34.4. The van der Waals surface area contributed by atoms with Crippen molar-refractivity contribution in [2.75, 3.05) is 7.05 Å². The molecule has 31 heavy (non-hydrogen) atoms. The average Bonchev–Trinajstić information content (AvgIpc) is 2.74. The molecule has 0 saturated heterocycles. The summed E-state index contributed by atoms with van der Waals surface area (Å²) in [5.41, 5.74) is 5.81. The highest BCUT2D eigenvalue weighted by molar-refractivity contribution is 7.98. The van der Waals surface area contributed by atoms with Gasteiger partial charge in [0.15, 0.2) is 5.16 Å². The second-order valence-corrected chi connectivity index (χ2v) is 8.85. The Morgan fingerprint density at radius 2 is 1.84 bits per heavy atom. The van der Waals surface area contributed by atoms with Crippen molar-refractivity contribution in [1.29, 1.82) is 0 Å². The monoisotopic (exact) mass is 435 g/mol. The molecule has 0 radical (unpaired) electrons. The quantitative estimate of drug-likeness (QED) is 0.415. The molecule has 3 aromatic rings. The summed E-state index contributed by atoms with van der Waals surface area (Å²) >= 11 is 1.50. The molecule has 0 atom stereocenters. The molecule has 5 nitrogen and oxygen atoms in total. The molecule has 1 N–H and O–H groups in total. The van der Waals surface area contributed by atoms with Gasteiger partial charge in [0.1, 0.15) is 0 Å². The molecule has 162 valence electrons. The molecule has 0 aliphatic heterocycles. The Morgan fingerprint density at radius 1 is 1.10 bits per heavy atom. The van der Waals surface area contributed by atoms with Crippen molar-refractivity contribution in [3.8, 4) is 0 Å². The lowest BCUT2D eigenvalue weighted by Crippen LogP contribution is -2.28. The largest absolute Gasteiger partial charge is 0.341 e. The molecule has 0 bridgehead atoms. The molecule has 0 aliphatic rings.